The van der Waals surface area contributed by atoms with Gasteiger partial charge in [-0.3, -0.25) is 4.79 Å². The van der Waals surface area contributed by atoms with Crippen molar-refractivity contribution in [3.63, 3.8) is 0 Å². The van der Waals surface area contributed by atoms with Crippen LogP contribution in [-0.2, 0) is 9.53 Å². The van der Waals surface area contributed by atoms with Crippen molar-refractivity contribution in [1.29, 1.82) is 0 Å². The normalized spacial score (nSPS) is 21.0. The summed E-state index contributed by atoms with van der Waals surface area (Å²) in [5.41, 5.74) is 0.0756. The van der Waals surface area contributed by atoms with E-state index in [4.69, 9.17) is 4.74 Å². The monoisotopic (exact) mass is 311 g/mol. The highest BCUT2D eigenvalue weighted by molar-refractivity contribution is 5.80. The zero-order valence-electron chi connectivity index (χ0n) is 15.8. The molecule has 0 radical (unpaired) electrons. The van der Waals surface area contributed by atoms with Crippen LogP contribution in [0.15, 0.2) is 0 Å². The van der Waals surface area contributed by atoms with Gasteiger partial charge in [-0.05, 0) is 43.4 Å². The van der Waals surface area contributed by atoms with Crippen LogP contribution >= 0.6 is 0 Å². The van der Waals surface area contributed by atoms with E-state index in [1.54, 1.807) is 0 Å². The first kappa shape index (κ1) is 19.5. The van der Waals surface area contributed by atoms with Crippen LogP contribution in [0, 0.1) is 23.2 Å². The van der Waals surface area contributed by atoms with Crippen LogP contribution in [0.3, 0.4) is 0 Å². The molecule has 1 aliphatic rings. The molecular weight excluding hydrogens is 274 g/mol. The Bertz CT molecular complexity index is 345. The van der Waals surface area contributed by atoms with Crippen LogP contribution < -0.4 is 0 Å². The predicted octanol–water partition coefficient (Wildman–Crippen LogP) is 4.36. The highest BCUT2D eigenvalue weighted by Gasteiger charge is 2.44. The van der Waals surface area contributed by atoms with Crippen molar-refractivity contribution >= 4 is 5.91 Å². The molecular formula is C19H37NO2. The summed E-state index contributed by atoms with van der Waals surface area (Å²) in [4.78, 5) is 15.6. The molecule has 1 amide bonds. The van der Waals surface area contributed by atoms with Crippen molar-refractivity contribution in [3.8, 4) is 0 Å². The summed E-state index contributed by atoms with van der Waals surface area (Å²) >= 11 is 0. The Morgan fingerprint density at radius 2 is 1.68 bits per heavy atom. The highest BCUT2D eigenvalue weighted by Crippen LogP contribution is 2.43. The second-order valence-electron chi connectivity index (χ2n) is 8.13. The SMILES string of the molecule is CCC(C)N(CC(C)C)C(=O)C(C(C)C)C1(C)CCOCC1. The molecule has 0 aromatic carbocycles. The molecule has 0 N–H and O–H groups in total. The van der Waals surface area contributed by atoms with Crippen molar-refractivity contribution in [2.75, 3.05) is 19.8 Å². The maximum atomic E-state index is 13.4. The molecule has 2 atom stereocenters. The smallest absolute Gasteiger partial charge is 0.226 e. The maximum Gasteiger partial charge on any atom is 0.226 e. The molecule has 1 heterocycles. The van der Waals surface area contributed by atoms with Crippen LogP contribution in [0.2, 0.25) is 0 Å². The summed E-state index contributed by atoms with van der Waals surface area (Å²) in [5, 5.41) is 0. The molecule has 1 rings (SSSR count). The van der Waals surface area contributed by atoms with E-state index < -0.39 is 0 Å². The standard InChI is InChI=1S/C19H37NO2/c1-8-16(6)20(13-14(2)3)18(21)17(15(4)5)19(7)9-11-22-12-10-19/h14-17H,8-13H2,1-7H3. The quantitative estimate of drug-likeness (QED) is 0.699. The van der Waals surface area contributed by atoms with Gasteiger partial charge in [-0.2, -0.15) is 0 Å². The van der Waals surface area contributed by atoms with Gasteiger partial charge in [0, 0.05) is 31.7 Å². The first-order valence-electron chi connectivity index (χ1n) is 9.11. The van der Waals surface area contributed by atoms with Gasteiger partial charge in [-0.25, -0.2) is 0 Å². The fraction of sp³-hybridized carbons (Fsp3) is 0.947. The summed E-state index contributed by atoms with van der Waals surface area (Å²) in [6.45, 7) is 17.9. The van der Waals surface area contributed by atoms with Gasteiger partial charge in [0.1, 0.15) is 0 Å². The Balaban J connectivity index is 3.03. The van der Waals surface area contributed by atoms with Gasteiger partial charge in [0.15, 0.2) is 0 Å². The van der Waals surface area contributed by atoms with Gasteiger partial charge >= 0.3 is 0 Å². The molecule has 1 fully saturated rings. The van der Waals surface area contributed by atoms with Gasteiger partial charge in [-0.1, -0.05) is 41.5 Å². The van der Waals surface area contributed by atoms with Crippen molar-refractivity contribution < 1.29 is 9.53 Å². The second-order valence-corrected chi connectivity index (χ2v) is 8.13. The molecule has 22 heavy (non-hydrogen) atoms. The molecule has 3 nitrogen and oxygen atoms in total. The number of hydrogen-bond donors (Lipinski definition) is 0. The maximum absolute atomic E-state index is 13.4. The Morgan fingerprint density at radius 1 is 1.14 bits per heavy atom. The molecule has 0 spiro atoms. The molecule has 130 valence electrons. The highest BCUT2D eigenvalue weighted by atomic mass is 16.5. The first-order chi connectivity index (χ1) is 10.2. The zero-order valence-corrected chi connectivity index (χ0v) is 15.8. The van der Waals surface area contributed by atoms with Crippen molar-refractivity contribution in [2.45, 2.75) is 73.8 Å². The third kappa shape index (κ3) is 4.71. The summed E-state index contributed by atoms with van der Waals surface area (Å²) in [7, 11) is 0. The first-order valence-corrected chi connectivity index (χ1v) is 9.11. The average Bonchev–Trinajstić information content (AvgIpc) is 2.43. The van der Waals surface area contributed by atoms with Crippen LogP contribution in [0.1, 0.15) is 67.7 Å². The van der Waals surface area contributed by atoms with E-state index in [0.717, 1.165) is 39.0 Å². The van der Waals surface area contributed by atoms with Crippen molar-refractivity contribution in [1.82, 2.24) is 4.90 Å². The molecule has 3 heteroatoms. The van der Waals surface area contributed by atoms with Gasteiger partial charge in [0.25, 0.3) is 0 Å². The Hall–Kier alpha value is -0.570. The number of ether oxygens (including phenoxy) is 1. The minimum Gasteiger partial charge on any atom is -0.381 e. The number of amides is 1. The summed E-state index contributed by atoms with van der Waals surface area (Å²) in [5.74, 6) is 1.34. The van der Waals surface area contributed by atoms with Crippen LogP contribution in [-0.4, -0.2) is 36.6 Å². The van der Waals surface area contributed by atoms with Gasteiger partial charge in [0.2, 0.25) is 5.91 Å². The molecule has 0 aromatic rings. The lowest BCUT2D eigenvalue weighted by molar-refractivity contribution is -0.148. The molecule has 0 saturated carbocycles. The lowest BCUT2D eigenvalue weighted by atomic mass is 9.66. The van der Waals surface area contributed by atoms with Crippen LogP contribution in [0.4, 0.5) is 0 Å². The third-order valence-corrected chi connectivity index (χ3v) is 5.29. The van der Waals surface area contributed by atoms with E-state index in [0.29, 0.717) is 23.8 Å². The van der Waals surface area contributed by atoms with Crippen molar-refractivity contribution in [3.05, 3.63) is 0 Å². The average molecular weight is 312 g/mol. The largest absolute Gasteiger partial charge is 0.381 e. The van der Waals surface area contributed by atoms with Crippen LogP contribution in [0.25, 0.3) is 0 Å². The summed E-state index contributed by atoms with van der Waals surface area (Å²) in [6.07, 6.45) is 3.01. The van der Waals surface area contributed by atoms with E-state index >= 15 is 0 Å². The Labute approximate surface area is 137 Å². The van der Waals surface area contributed by atoms with Crippen LogP contribution in [0.5, 0.6) is 0 Å². The number of hydrogen-bond acceptors (Lipinski definition) is 2. The fourth-order valence-electron chi connectivity index (χ4n) is 3.82. The van der Waals surface area contributed by atoms with E-state index in [9.17, 15) is 4.79 Å². The lowest BCUT2D eigenvalue weighted by Gasteiger charge is -2.45. The van der Waals surface area contributed by atoms with E-state index in [1.165, 1.54) is 0 Å². The van der Waals surface area contributed by atoms with Crippen molar-refractivity contribution in [2.24, 2.45) is 23.2 Å². The number of carbonyl (C=O) groups excluding carboxylic acids is 1. The number of carbonyl (C=O) groups is 1. The number of rotatable bonds is 7. The van der Waals surface area contributed by atoms with Gasteiger partial charge < -0.3 is 9.64 Å². The topological polar surface area (TPSA) is 29.5 Å². The molecule has 0 aliphatic carbocycles. The number of nitrogens with zero attached hydrogens (tertiary/aromatic N) is 1. The molecule has 0 aromatic heterocycles. The second kappa shape index (κ2) is 8.33. The minimum absolute atomic E-state index is 0.0756. The zero-order chi connectivity index (χ0) is 16.9. The molecule has 0 bridgehead atoms. The van der Waals surface area contributed by atoms with E-state index in [2.05, 4.69) is 53.4 Å². The molecule has 1 saturated heterocycles. The molecule has 2 unspecified atom stereocenters. The Kier molecular flexibility index (Phi) is 7.37. The molecule has 1 aliphatic heterocycles. The minimum atomic E-state index is 0.0756. The van der Waals surface area contributed by atoms with E-state index in [1.807, 2.05) is 0 Å². The van der Waals surface area contributed by atoms with E-state index in [-0.39, 0.29) is 11.3 Å². The summed E-state index contributed by atoms with van der Waals surface area (Å²) in [6, 6.07) is 0.319. The fourth-order valence-corrected chi connectivity index (χ4v) is 3.82. The van der Waals surface area contributed by atoms with Gasteiger partial charge in [-0.15, -0.1) is 0 Å². The third-order valence-electron chi connectivity index (χ3n) is 5.29. The predicted molar refractivity (Wildman–Crippen MR) is 92.8 cm³/mol. The summed E-state index contributed by atoms with van der Waals surface area (Å²) < 4.78 is 5.54. The lowest BCUT2D eigenvalue weighted by Crippen LogP contribution is -2.51. The Morgan fingerprint density at radius 3 is 2.09 bits per heavy atom. The van der Waals surface area contributed by atoms with Gasteiger partial charge in [0.05, 0.1) is 0 Å².